The Morgan fingerprint density at radius 1 is 0.383 bits per heavy atom. The van der Waals surface area contributed by atoms with Crippen LogP contribution in [-0.4, -0.2) is 246 Å². The van der Waals surface area contributed by atoms with Crippen LogP contribution in [0, 0.1) is 84.7 Å². The van der Waals surface area contributed by atoms with Crippen molar-refractivity contribution in [2.24, 2.45) is 84.7 Å². The van der Waals surface area contributed by atoms with Crippen LogP contribution in [0.3, 0.4) is 0 Å². The number of piperazine rings is 1. The molecule has 0 aromatic carbocycles. The maximum Gasteiger partial charge on any atom is 0.263 e. The van der Waals surface area contributed by atoms with Gasteiger partial charge in [0.05, 0.1) is 45.2 Å². The Labute approximate surface area is 716 Å². The van der Waals surface area contributed by atoms with Crippen molar-refractivity contribution < 1.29 is 37.2 Å². The normalized spacial score (nSPS) is 26.3. The average Bonchev–Trinajstić information content (AvgIpc) is 0.793. The highest BCUT2D eigenvalue weighted by Gasteiger charge is 2.49. The van der Waals surface area contributed by atoms with Gasteiger partial charge in [-0.15, -0.1) is 0 Å². The molecule has 8 heterocycles. The van der Waals surface area contributed by atoms with Crippen molar-refractivity contribution in [2.75, 3.05) is 172 Å². The zero-order valence-electron chi connectivity index (χ0n) is 83.7. The summed E-state index contributed by atoms with van der Waals surface area (Å²) in [5, 5.41) is 9.22. The van der Waals surface area contributed by atoms with E-state index in [0.717, 1.165) is 102 Å². The largest absolute Gasteiger partial charge is 0.396 e. The number of nitrogens with zero attached hydrogens (tertiary/aromatic N) is 7. The molecule has 7 atom stereocenters. The number of aliphatic hydroxyl groups is 1. The molecule has 10 fully saturated rings. The lowest BCUT2D eigenvalue weighted by atomic mass is 9.67. The van der Waals surface area contributed by atoms with E-state index in [1.54, 1.807) is 18.9 Å². The molecule has 115 heavy (non-hydrogen) atoms. The third kappa shape index (κ3) is 49.0. The van der Waals surface area contributed by atoms with Gasteiger partial charge in [0.1, 0.15) is 6.17 Å². The number of hydrogen-bond acceptors (Lipinski definition) is 12. The first-order valence-corrected chi connectivity index (χ1v) is 47.7. The number of aliphatic hydroxyl groups excluding tert-OH is 1. The zero-order valence-corrected chi connectivity index (χ0v) is 83.7. The van der Waals surface area contributed by atoms with E-state index in [9.17, 15) is 18.3 Å². The summed E-state index contributed by atoms with van der Waals surface area (Å²) in [6.07, 6.45) is 26.6. The summed E-state index contributed by atoms with van der Waals surface area (Å²) in [6, 6.07) is 0. The summed E-state index contributed by atoms with van der Waals surface area (Å²) in [5.74, 6) is 1.84. The van der Waals surface area contributed by atoms with E-state index in [1.807, 2.05) is 20.8 Å². The summed E-state index contributed by atoms with van der Waals surface area (Å²) in [7, 11) is 3.91. The number of alkyl halides is 3. The molecule has 0 spiro atoms. The number of likely N-dealkylation sites (tertiary alicyclic amines) is 4. The van der Waals surface area contributed by atoms with E-state index in [0.29, 0.717) is 69.7 Å². The molecule has 8 aliphatic heterocycles. The third-order valence-corrected chi connectivity index (χ3v) is 27.1. The van der Waals surface area contributed by atoms with E-state index < -0.39 is 18.0 Å². The lowest BCUT2D eigenvalue weighted by Crippen LogP contribution is -2.53. The summed E-state index contributed by atoms with van der Waals surface area (Å²) < 4.78 is 61.8. The van der Waals surface area contributed by atoms with Crippen LogP contribution in [0.1, 0.15) is 357 Å². The molecule has 10 rings (SSSR count). The highest BCUT2D eigenvalue weighted by Crippen LogP contribution is 2.45. The second-order valence-electron chi connectivity index (χ2n) is 47.7. The molecule has 7 unspecified atom stereocenters. The second-order valence-corrected chi connectivity index (χ2v) is 47.7. The van der Waals surface area contributed by atoms with E-state index in [1.165, 1.54) is 187 Å². The highest BCUT2D eigenvalue weighted by atomic mass is 19.3. The third-order valence-electron chi connectivity index (χ3n) is 27.1. The van der Waals surface area contributed by atoms with Gasteiger partial charge in [0.25, 0.3) is 5.92 Å². The van der Waals surface area contributed by atoms with Crippen LogP contribution in [0.25, 0.3) is 0 Å². The minimum Gasteiger partial charge on any atom is -0.396 e. The Bertz CT molecular complexity index is 2260. The predicted molar refractivity (Wildman–Crippen MR) is 494 cm³/mol. The molecule has 0 bridgehead atoms. The Balaban J connectivity index is 0.000000640. The lowest BCUT2D eigenvalue weighted by Gasteiger charge is -2.43. The number of rotatable bonds is 6. The molecule has 2 aliphatic carbocycles. The molecule has 0 amide bonds. The SMILES string of the molecule is CC(C)(C)C1CCCCC1.CC(C)(C)C1CCCCC1CO.CC(C)(C)C1CCCOC1.CC(C)(C)C1COCCO1.CC(C)(C)N1CCCCC1.CC(F)CN1CCC(C(C)(C)C)CC1.CCCN1CCC(C(C)(C)C)CC1.CCN1CCN(C(C)(C)C)CC1.CN1CCC(C(C)(C)C)C(F)(F)C1.CN1CCOC(C(C)(C)C)C1. The van der Waals surface area contributed by atoms with Crippen molar-refractivity contribution in [3.63, 3.8) is 0 Å². The van der Waals surface area contributed by atoms with Gasteiger partial charge in [-0.25, -0.2) is 13.2 Å². The molecule has 690 valence electrons. The molecule has 0 aromatic heterocycles. The molecule has 0 aromatic rings. The van der Waals surface area contributed by atoms with Gasteiger partial charge < -0.3 is 48.6 Å². The number of ether oxygens (including phenoxy) is 4. The zero-order chi connectivity index (χ0) is 88.3. The lowest BCUT2D eigenvalue weighted by molar-refractivity contribution is -0.139. The van der Waals surface area contributed by atoms with Crippen molar-refractivity contribution in [1.82, 2.24) is 34.3 Å². The van der Waals surface area contributed by atoms with Gasteiger partial charge in [0, 0.05) is 82.6 Å². The van der Waals surface area contributed by atoms with E-state index >= 15 is 0 Å². The molecular weight excluding hydrogens is 1440 g/mol. The number of likely N-dealkylation sites (N-methyl/N-ethyl adjacent to an activating group) is 2. The fraction of sp³-hybridized carbons (Fsp3) is 1.00. The topological polar surface area (TPSA) is 79.8 Å². The van der Waals surface area contributed by atoms with Crippen LogP contribution in [-0.2, 0) is 18.9 Å². The van der Waals surface area contributed by atoms with Crippen LogP contribution in [0.5, 0.6) is 0 Å². The summed E-state index contributed by atoms with van der Waals surface area (Å²) in [5.41, 5.74) is 3.33. The fourth-order valence-corrected chi connectivity index (χ4v) is 18.4. The number of morpholine rings is 1. The van der Waals surface area contributed by atoms with Gasteiger partial charge in [0.15, 0.2) is 0 Å². The Kier molecular flexibility index (Phi) is 51.7. The van der Waals surface area contributed by atoms with Gasteiger partial charge in [-0.2, -0.15) is 0 Å². The quantitative estimate of drug-likeness (QED) is 0.275. The predicted octanol–water partition coefficient (Wildman–Crippen LogP) is 24.3. The van der Waals surface area contributed by atoms with E-state index in [4.69, 9.17) is 18.9 Å². The number of hydrogen-bond donors (Lipinski definition) is 1. The molecule has 1 N–H and O–H groups in total. The Hall–Kier alpha value is -0.690. The number of piperidine rings is 4. The van der Waals surface area contributed by atoms with E-state index in [-0.39, 0.29) is 28.9 Å². The minimum atomic E-state index is -2.52. The number of halogens is 3. The van der Waals surface area contributed by atoms with Crippen LogP contribution in [0.2, 0.25) is 0 Å². The van der Waals surface area contributed by atoms with Gasteiger partial charge in [-0.05, 0) is 290 Å². The van der Waals surface area contributed by atoms with Gasteiger partial charge in [-0.1, -0.05) is 219 Å². The Morgan fingerprint density at radius 3 is 1.15 bits per heavy atom. The van der Waals surface area contributed by atoms with Crippen molar-refractivity contribution >= 4 is 0 Å². The molecule has 10 aliphatic rings. The maximum absolute atomic E-state index is 13.6. The van der Waals surface area contributed by atoms with Crippen molar-refractivity contribution in [2.45, 2.75) is 392 Å². The van der Waals surface area contributed by atoms with Crippen LogP contribution in [0.4, 0.5) is 13.2 Å². The minimum absolute atomic E-state index is 0.0884. The average molecular weight is 1640 g/mol. The van der Waals surface area contributed by atoms with Crippen molar-refractivity contribution in [3.8, 4) is 0 Å². The summed E-state index contributed by atoms with van der Waals surface area (Å²) in [4.78, 5) is 16.6. The fourth-order valence-electron chi connectivity index (χ4n) is 18.4. The molecule has 12 nitrogen and oxygen atoms in total. The first kappa shape index (κ1) is 112. The molecular formula is C100H204F3N7O5. The maximum atomic E-state index is 13.6. The smallest absolute Gasteiger partial charge is 0.263 e. The van der Waals surface area contributed by atoms with Crippen LogP contribution < -0.4 is 0 Å². The highest BCUT2D eigenvalue weighted by molar-refractivity contribution is 4.93. The van der Waals surface area contributed by atoms with Crippen LogP contribution >= 0.6 is 0 Å². The summed E-state index contributed by atoms with van der Waals surface area (Å²) in [6.45, 7) is 97.8. The Morgan fingerprint density at radius 2 is 0.817 bits per heavy atom. The second kappa shape index (κ2) is 52.9. The van der Waals surface area contributed by atoms with Gasteiger partial charge in [0.2, 0.25) is 0 Å². The van der Waals surface area contributed by atoms with Gasteiger partial charge >= 0.3 is 0 Å². The first-order chi connectivity index (χ1) is 52.7. The first-order valence-electron chi connectivity index (χ1n) is 47.7. The molecule has 8 saturated heterocycles. The standard InChI is InChI=1S/C12H24FN.C12H25N.C11H22O.C10H19F2N.C10H22N2.C10H20.C9H19NO.C9H19N.C9H18O.C8H16O2/c1-10(13)9-14-7-5-11(6-8-14)12(2,3)4;1-5-8-13-9-6-11(7-10-13)12(2,3)4;1-11(2,3)10-7-5-4-6-9(10)8-12;1-9(2,3)8-5-6-13(4)7-10(8,11)12;1-5-11-6-8-12(9-7-11)10(2,3)4;1-10(2,3)9-7-5-4-6-8-9;1-9(2,3)8-7-10(4)5-6-11-8;1-9(2,3)10-7-5-4-6-8-10;1-9(2,3)8-5-4-6-10-7-8;1-8(2,3)7-6-9-4-5-10-7/h10-11H,5-9H2,1-4H3;11H,5-10H2,1-4H3;9-10,12H,4-8H2,1-3H3;8H,5-7H2,1-4H3;5-9H2,1-4H3;9H,4-8H2,1-3H3;8H,5-7H2,1-4H3;4-8H2,1-3H3;8H,4-7H2,1-3H3;7H,4-6H2,1-3H3. The van der Waals surface area contributed by atoms with Crippen molar-refractivity contribution in [3.05, 3.63) is 0 Å². The van der Waals surface area contributed by atoms with Crippen molar-refractivity contribution in [1.29, 1.82) is 0 Å². The monoisotopic (exact) mass is 1640 g/mol. The molecule has 2 saturated carbocycles. The van der Waals surface area contributed by atoms with E-state index in [2.05, 4.69) is 237 Å². The molecule has 0 radical (unpaired) electrons. The van der Waals surface area contributed by atoms with Crippen LogP contribution in [0.15, 0.2) is 0 Å². The summed E-state index contributed by atoms with van der Waals surface area (Å²) >= 11 is 0. The van der Waals surface area contributed by atoms with Gasteiger partial charge in [-0.3, -0.25) is 9.80 Å². The molecule has 15 heteroatoms.